The predicted octanol–water partition coefficient (Wildman–Crippen LogP) is 0.0224. The van der Waals surface area contributed by atoms with Crippen LogP contribution in [-0.4, -0.2) is 24.8 Å². The fourth-order valence-electron chi connectivity index (χ4n) is 1.38. The molecule has 2 rings (SSSR count). The molecule has 2 fully saturated rings. The lowest BCUT2D eigenvalue weighted by Gasteiger charge is -2.38. The maximum atomic E-state index is 11.1. The first kappa shape index (κ1) is 6.27. The first-order chi connectivity index (χ1) is 4.79. The van der Waals surface area contributed by atoms with E-state index in [9.17, 15) is 4.79 Å². The molecule has 0 N–H and O–H groups in total. The van der Waals surface area contributed by atoms with Crippen molar-refractivity contribution in [3.8, 4) is 0 Å². The Morgan fingerprint density at radius 3 is 2.90 bits per heavy atom. The summed E-state index contributed by atoms with van der Waals surface area (Å²) in [7, 11) is 1.46. The Bertz CT molecular complexity index is 175. The smallest absolute Gasteiger partial charge is 0.290 e. The molecule has 0 aromatic rings. The predicted molar refractivity (Wildman–Crippen MR) is 29.9 cm³/mol. The molecule has 4 nitrogen and oxygen atoms in total. The van der Waals surface area contributed by atoms with E-state index in [2.05, 4.69) is 9.78 Å². The molecule has 1 saturated carbocycles. The minimum atomic E-state index is -1.03. The summed E-state index contributed by atoms with van der Waals surface area (Å²) in [4.78, 5) is 20.4. The third-order valence-electron chi connectivity index (χ3n) is 2.04. The lowest BCUT2D eigenvalue weighted by molar-refractivity contribution is -0.542. The maximum Gasteiger partial charge on any atom is 0.290 e. The van der Waals surface area contributed by atoms with Crippen LogP contribution >= 0.6 is 0 Å². The SMILES string of the molecule is COC12OOC1CCC2=O. The number of hydrogen-bond donors (Lipinski definition) is 0. The second-order valence-corrected chi connectivity index (χ2v) is 2.50. The molecule has 2 unspecified atom stereocenters. The Labute approximate surface area is 58.0 Å². The fourth-order valence-corrected chi connectivity index (χ4v) is 1.38. The Balaban J connectivity index is 2.24. The summed E-state index contributed by atoms with van der Waals surface area (Å²) in [6.07, 6.45) is 1.05. The lowest BCUT2D eigenvalue weighted by atomic mass is 10.1. The highest BCUT2D eigenvalue weighted by Crippen LogP contribution is 2.41. The van der Waals surface area contributed by atoms with Crippen molar-refractivity contribution in [1.29, 1.82) is 0 Å². The molecule has 0 radical (unpaired) electrons. The van der Waals surface area contributed by atoms with Crippen LogP contribution in [0.25, 0.3) is 0 Å². The van der Waals surface area contributed by atoms with Gasteiger partial charge in [-0.2, -0.15) is 4.89 Å². The molecule has 1 aliphatic carbocycles. The van der Waals surface area contributed by atoms with Crippen LogP contribution < -0.4 is 0 Å². The van der Waals surface area contributed by atoms with Gasteiger partial charge in [0.25, 0.3) is 5.79 Å². The molecule has 0 aromatic heterocycles. The monoisotopic (exact) mass is 144 g/mol. The van der Waals surface area contributed by atoms with Crippen LogP contribution in [0.2, 0.25) is 0 Å². The summed E-state index contributed by atoms with van der Waals surface area (Å²) >= 11 is 0. The minimum absolute atomic E-state index is 0.00810. The third-order valence-corrected chi connectivity index (χ3v) is 2.04. The second-order valence-electron chi connectivity index (χ2n) is 2.50. The van der Waals surface area contributed by atoms with Gasteiger partial charge in [0, 0.05) is 13.5 Å². The van der Waals surface area contributed by atoms with E-state index in [1.165, 1.54) is 7.11 Å². The first-order valence-electron chi connectivity index (χ1n) is 3.22. The van der Waals surface area contributed by atoms with Gasteiger partial charge >= 0.3 is 0 Å². The number of carbonyl (C=O) groups is 1. The molecule has 2 aliphatic rings. The number of ether oxygens (including phenoxy) is 1. The molecular weight excluding hydrogens is 136 g/mol. The lowest BCUT2D eigenvalue weighted by Crippen LogP contribution is -2.58. The molecule has 0 amide bonds. The van der Waals surface area contributed by atoms with E-state index in [4.69, 9.17) is 4.74 Å². The van der Waals surface area contributed by atoms with Crippen molar-refractivity contribution in [3.63, 3.8) is 0 Å². The number of ketones is 1. The second kappa shape index (κ2) is 1.78. The highest BCUT2D eigenvalue weighted by Gasteiger charge is 2.62. The van der Waals surface area contributed by atoms with Crippen LogP contribution in [-0.2, 0) is 19.3 Å². The summed E-state index contributed by atoms with van der Waals surface area (Å²) in [6, 6.07) is 0. The summed E-state index contributed by atoms with van der Waals surface area (Å²) in [6.45, 7) is 0. The number of rotatable bonds is 1. The minimum Gasteiger partial charge on any atom is -0.343 e. The quantitative estimate of drug-likeness (QED) is 0.487. The zero-order valence-corrected chi connectivity index (χ0v) is 5.62. The normalized spacial score (nSPS) is 44.9. The molecule has 1 aliphatic heterocycles. The topological polar surface area (TPSA) is 44.8 Å². The maximum absolute atomic E-state index is 11.1. The number of Topliss-reactive ketones (excluding diaryl/α,β-unsaturated/α-hetero) is 1. The van der Waals surface area contributed by atoms with Crippen molar-refractivity contribution in [2.24, 2.45) is 0 Å². The summed E-state index contributed by atoms with van der Waals surface area (Å²) < 4.78 is 4.91. The van der Waals surface area contributed by atoms with Crippen LogP contribution in [0.4, 0.5) is 0 Å². The van der Waals surface area contributed by atoms with Crippen molar-refractivity contribution in [3.05, 3.63) is 0 Å². The van der Waals surface area contributed by atoms with Gasteiger partial charge in [-0.25, -0.2) is 4.89 Å². The van der Waals surface area contributed by atoms with Crippen LogP contribution in [0.5, 0.6) is 0 Å². The summed E-state index contributed by atoms with van der Waals surface area (Å²) in [5.74, 6) is -1.04. The zero-order chi connectivity index (χ0) is 7.19. The molecule has 0 bridgehead atoms. The van der Waals surface area contributed by atoms with Crippen molar-refractivity contribution in [2.45, 2.75) is 24.7 Å². The summed E-state index contributed by atoms with van der Waals surface area (Å²) in [5, 5.41) is 0. The van der Waals surface area contributed by atoms with Crippen molar-refractivity contribution >= 4 is 5.78 Å². The van der Waals surface area contributed by atoms with Gasteiger partial charge in [-0.05, 0) is 6.42 Å². The van der Waals surface area contributed by atoms with Crippen molar-refractivity contribution in [2.75, 3.05) is 7.11 Å². The molecular formula is C6H8O4. The van der Waals surface area contributed by atoms with Gasteiger partial charge in [-0.3, -0.25) is 4.79 Å². The molecule has 10 heavy (non-hydrogen) atoms. The van der Waals surface area contributed by atoms with Crippen LogP contribution in [0.3, 0.4) is 0 Å². The van der Waals surface area contributed by atoms with Gasteiger partial charge in [-0.1, -0.05) is 0 Å². The number of carbonyl (C=O) groups excluding carboxylic acids is 1. The molecule has 2 atom stereocenters. The zero-order valence-electron chi connectivity index (χ0n) is 5.62. The Hall–Kier alpha value is -0.450. The van der Waals surface area contributed by atoms with Gasteiger partial charge in [0.05, 0.1) is 0 Å². The number of hydrogen-bond acceptors (Lipinski definition) is 4. The first-order valence-corrected chi connectivity index (χ1v) is 3.22. The largest absolute Gasteiger partial charge is 0.343 e. The van der Waals surface area contributed by atoms with Crippen LogP contribution in [0, 0.1) is 0 Å². The molecule has 56 valence electrons. The average Bonchev–Trinajstić information content (AvgIpc) is 2.06. The van der Waals surface area contributed by atoms with E-state index in [1.54, 1.807) is 0 Å². The average molecular weight is 144 g/mol. The Morgan fingerprint density at radius 2 is 2.60 bits per heavy atom. The molecule has 1 heterocycles. The number of methoxy groups -OCH3 is 1. The summed E-state index contributed by atoms with van der Waals surface area (Å²) in [5.41, 5.74) is 0. The van der Waals surface area contributed by atoms with E-state index >= 15 is 0 Å². The molecule has 0 spiro atoms. The fraction of sp³-hybridized carbons (Fsp3) is 0.833. The highest BCUT2D eigenvalue weighted by atomic mass is 17.3. The van der Waals surface area contributed by atoms with Crippen LogP contribution in [0.1, 0.15) is 12.8 Å². The van der Waals surface area contributed by atoms with E-state index in [1.807, 2.05) is 0 Å². The Morgan fingerprint density at radius 1 is 1.80 bits per heavy atom. The number of fused-ring (bicyclic) bond motifs is 1. The third kappa shape index (κ3) is 0.496. The van der Waals surface area contributed by atoms with E-state index in [-0.39, 0.29) is 11.9 Å². The van der Waals surface area contributed by atoms with E-state index in [0.717, 1.165) is 0 Å². The van der Waals surface area contributed by atoms with Gasteiger partial charge in [0.1, 0.15) is 0 Å². The van der Waals surface area contributed by atoms with E-state index in [0.29, 0.717) is 12.8 Å². The van der Waals surface area contributed by atoms with Gasteiger partial charge in [-0.15, -0.1) is 0 Å². The van der Waals surface area contributed by atoms with Crippen LogP contribution in [0.15, 0.2) is 0 Å². The highest BCUT2D eigenvalue weighted by molar-refractivity contribution is 5.89. The molecule has 0 aromatic carbocycles. The molecule has 4 heteroatoms. The van der Waals surface area contributed by atoms with Crippen molar-refractivity contribution < 1.29 is 19.3 Å². The molecule has 1 saturated heterocycles. The van der Waals surface area contributed by atoms with Gasteiger partial charge < -0.3 is 4.74 Å². The van der Waals surface area contributed by atoms with Gasteiger partial charge in [0.2, 0.25) is 0 Å². The standard InChI is InChI=1S/C6H8O4/c1-8-6-4(7)2-3-5(6)9-10-6/h5H,2-3H2,1H3. The Kier molecular flexibility index (Phi) is 1.12. The van der Waals surface area contributed by atoms with E-state index < -0.39 is 5.79 Å². The van der Waals surface area contributed by atoms with Crippen molar-refractivity contribution in [1.82, 2.24) is 0 Å². The van der Waals surface area contributed by atoms with Gasteiger partial charge in [0.15, 0.2) is 11.9 Å².